The highest BCUT2D eigenvalue weighted by Gasteiger charge is 2.18. The van der Waals surface area contributed by atoms with Gasteiger partial charge in [-0.25, -0.2) is 4.98 Å². The number of halogens is 1. The van der Waals surface area contributed by atoms with E-state index in [-0.39, 0.29) is 5.91 Å². The maximum Gasteiger partial charge on any atom is 0.277 e. The minimum atomic E-state index is -0.236. The Balaban J connectivity index is 1.96. The Bertz CT molecular complexity index is 820. The largest absolute Gasteiger partial charge is 0.313 e. The van der Waals surface area contributed by atoms with Crippen LogP contribution in [-0.2, 0) is 13.6 Å². The molecule has 0 saturated carbocycles. The Morgan fingerprint density at radius 1 is 1.38 bits per heavy atom. The van der Waals surface area contributed by atoms with Crippen LogP contribution in [0.2, 0.25) is 0 Å². The minimum Gasteiger partial charge on any atom is -0.313 e. The van der Waals surface area contributed by atoms with E-state index in [4.69, 9.17) is 0 Å². The molecule has 6 nitrogen and oxygen atoms in total. The third-order valence-electron chi connectivity index (χ3n) is 3.32. The second-order valence-electron chi connectivity index (χ2n) is 4.59. The van der Waals surface area contributed by atoms with Crippen LogP contribution < -0.4 is 5.32 Å². The van der Waals surface area contributed by atoms with Gasteiger partial charge in [0.15, 0.2) is 0 Å². The van der Waals surface area contributed by atoms with E-state index in [1.54, 1.807) is 10.9 Å². The molecule has 7 heteroatoms. The quantitative estimate of drug-likeness (QED) is 0.792. The molecule has 3 aromatic rings. The van der Waals surface area contributed by atoms with Crippen LogP contribution in [0.15, 0.2) is 34.9 Å². The van der Waals surface area contributed by atoms with Crippen LogP contribution in [0.3, 0.4) is 0 Å². The molecule has 0 atom stereocenters. The first-order valence-electron chi connectivity index (χ1n) is 6.56. The molecular formula is C14H14BrN5O. The molecule has 0 unspecified atom stereocenters. The maximum atomic E-state index is 12.4. The van der Waals surface area contributed by atoms with E-state index in [9.17, 15) is 4.79 Å². The molecule has 0 saturated heterocycles. The molecule has 0 aliphatic carbocycles. The van der Waals surface area contributed by atoms with Crippen molar-refractivity contribution in [1.82, 2.24) is 19.3 Å². The van der Waals surface area contributed by atoms with Crippen molar-refractivity contribution in [3.05, 3.63) is 40.6 Å². The summed E-state index contributed by atoms with van der Waals surface area (Å²) in [5.74, 6) is 0.275. The summed E-state index contributed by atoms with van der Waals surface area (Å²) in [7, 11) is 1.87. The topological polar surface area (TPSA) is 64.7 Å². The number of carbonyl (C=O) groups is 1. The summed E-state index contributed by atoms with van der Waals surface area (Å²) >= 11 is 3.35. The third-order valence-corrected chi connectivity index (χ3v) is 3.90. The number of nitrogens with zero attached hydrogens (tertiary/aromatic N) is 4. The second kappa shape index (κ2) is 5.33. The van der Waals surface area contributed by atoms with E-state index in [0.717, 1.165) is 11.0 Å². The van der Waals surface area contributed by atoms with Crippen LogP contribution in [0, 0.1) is 0 Å². The summed E-state index contributed by atoms with van der Waals surface area (Å²) in [5, 5.41) is 6.98. The number of nitrogens with one attached hydrogen (secondary N) is 1. The van der Waals surface area contributed by atoms with Gasteiger partial charge in [0.2, 0.25) is 5.95 Å². The fraction of sp³-hybridized carbons (Fsp3) is 0.214. The number of imidazole rings is 1. The Morgan fingerprint density at radius 3 is 2.86 bits per heavy atom. The third kappa shape index (κ3) is 2.33. The van der Waals surface area contributed by atoms with E-state index in [0.29, 0.717) is 22.7 Å². The number of amides is 1. The normalized spacial score (nSPS) is 11.0. The van der Waals surface area contributed by atoms with E-state index in [1.807, 2.05) is 42.8 Å². The molecule has 0 spiro atoms. The summed E-state index contributed by atoms with van der Waals surface area (Å²) in [6, 6.07) is 7.74. The standard InChI is InChI=1S/C14H14BrN5O/c1-3-20-12(9(15)8-16-20)13(21)18-14-17-10-6-4-5-7-11(10)19(14)2/h4-8H,3H2,1-2H3,(H,17,18,21). The van der Waals surface area contributed by atoms with E-state index < -0.39 is 0 Å². The average molecular weight is 348 g/mol. The Hall–Kier alpha value is -2.15. The van der Waals surface area contributed by atoms with Gasteiger partial charge >= 0.3 is 0 Å². The van der Waals surface area contributed by atoms with Crippen LogP contribution in [0.1, 0.15) is 17.4 Å². The first-order chi connectivity index (χ1) is 10.1. The summed E-state index contributed by atoms with van der Waals surface area (Å²) in [6.07, 6.45) is 1.62. The molecule has 0 aliphatic rings. The molecule has 21 heavy (non-hydrogen) atoms. The van der Waals surface area contributed by atoms with Gasteiger partial charge in [0, 0.05) is 13.6 Å². The number of benzene rings is 1. The summed E-state index contributed by atoms with van der Waals surface area (Å²) in [4.78, 5) is 16.9. The van der Waals surface area contributed by atoms with Crippen LogP contribution in [0.5, 0.6) is 0 Å². The second-order valence-corrected chi connectivity index (χ2v) is 5.45. The van der Waals surface area contributed by atoms with Gasteiger partial charge < -0.3 is 4.57 Å². The molecule has 0 bridgehead atoms. The molecule has 0 aliphatic heterocycles. The number of aryl methyl sites for hydroxylation is 2. The van der Waals surface area contributed by atoms with Crippen LogP contribution in [0.4, 0.5) is 5.95 Å². The summed E-state index contributed by atoms with van der Waals surface area (Å²) in [5.41, 5.74) is 2.30. The van der Waals surface area contributed by atoms with Gasteiger partial charge in [-0.3, -0.25) is 14.8 Å². The van der Waals surface area contributed by atoms with Crippen molar-refractivity contribution in [2.75, 3.05) is 5.32 Å². The zero-order chi connectivity index (χ0) is 15.0. The van der Waals surface area contributed by atoms with Gasteiger partial charge in [0.1, 0.15) is 5.69 Å². The van der Waals surface area contributed by atoms with Crippen LogP contribution in [0.25, 0.3) is 11.0 Å². The van der Waals surface area contributed by atoms with Crippen molar-refractivity contribution in [2.45, 2.75) is 13.5 Å². The fourth-order valence-corrected chi connectivity index (χ4v) is 2.72. The van der Waals surface area contributed by atoms with Crippen molar-refractivity contribution in [1.29, 1.82) is 0 Å². The van der Waals surface area contributed by atoms with Crippen LogP contribution in [-0.4, -0.2) is 25.2 Å². The number of para-hydroxylation sites is 2. The number of carbonyl (C=O) groups excluding carboxylic acids is 1. The lowest BCUT2D eigenvalue weighted by Gasteiger charge is -2.07. The lowest BCUT2D eigenvalue weighted by Crippen LogP contribution is -2.19. The molecule has 2 heterocycles. The van der Waals surface area contributed by atoms with Gasteiger partial charge in [-0.1, -0.05) is 12.1 Å². The molecular weight excluding hydrogens is 334 g/mol. The SMILES string of the molecule is CCn1ncc(Br)c1C(=O)Nc1nc2ccccc2n1C. The highest BCUT2D eigenvalue weighted by atomic mass is 79.9. The minimum absolute atomic E-state index is 0.236. The van der Waals surface area contributed by atoms with Crippen molar-refractivity contribution in [2.24, 2.45) is 7.05 Å². The number of aromatic nitrogens is 4. The number of anilines is 1. The molecule has 3 rings (SSSR count). The average Bonchev–Trinajstić information content (AvgIpc) is 3.00. The highest BCUT2D eigenvalue weighted by molar-refractivity contribution is 9.10. The molecule has 0 radical (unpaired) electrons. The first-order valence-corrected chi connectivity index (χ1v) is 7.35. The smallest absolute Gasteiger partial charge is 0.277 e. The molecule has 1 N–H and O–H groups in total. The van der Waals surface area contributed by atoms with E-state index >= 15 is 0 Å². The number of rotatable bonds is 3. The Kier molecular flexibility index (Phi) is 3.50. The van der Waals surface area contributed by atoms with Gasteiger partial charge in [0.25, 0.3) is 5.91 Å². The van der Waals surface area contributed by atoms with E-state index in [2.05, 4.69) is 31.3 Å². The predicted octanol–water partition coefficient (Wildman–Crippen LogP) is 2.80. The van der Waals surface area contributed by atoms with Crippen LogP contribution >= 0.6 is 15.9 Å². The van der Waals surface area contributed by atoms with Crippen molar-refractivity contribution in [3.63, 3.8) is 0 Å². The Morgan fingerprint density at radius 2 is 2.14 bits per heavy atom. The lowest BCUT2D eigenvalue weighted by molar-refractivity contribution is 0.101. The van der Waals surface area contributed by atoms with Gasteiger partial charge in [-0.2, -0.15) is 5.10 Å². The highest BCUT2D eigenvalue weighted by Crippen LogP contribution is 2.20. The zero-order valence-electron chi connectivity index (χ0n) is 11.7. The zero-order valence-corrected chi connectivity index (χ0v) is 13.3. The lowest BCUT2D eigenvalue weighted by atomic mass is 10.3. The summed E-state index contributed by atoms with van der Waals surface area (Å²) in [6.45, 7) is 2.56. The monoisotopic (exact) mass is 347 g/mol. The van der Waals surface area contributed by atoms with Gasteiger partial charge in [-0.05, 0) is 35.0 Å². The Labute approximate surface area is 129 Å². The molecule has 2 aromatic heterocycles. The predicted molar refractivity (Wildman–Crippen MR) is 84.3 cm³/mol. The summed E-state index contributed by atoms with van der Waals surface area (Å²) < 4.78 is 4.16. The van der Waals surface area contributed by atoms with Gasteiger partial charge in [-0.15, -0.1) is 0 Å². The fourth-order valence-electron chi connectivity index (χ4n) is 2.25. The van der Waals surface area contributed by atoms with Crippen molar-refractivity contribution in [3.8, 4) is 0 Å². The molecule has 0 fully saturated rings. The maximum absolute atomic E-state index is 12.4. The van der Waals surface area contributed by atoms with Crippen molar-refractivity contribution < 1.29 is 4.79 Å². The first kappa shape index (κ1) is 13.8. The molecule has 108 valence electrons. The molecule has 1 amide bonds. The van der Waals surface area contributed by atoms with E-state index in [1.165, 1.54) is 0 Å². The number of hydrogen-bond donors (Lipinski definition) is 1. The van der Waals surface area contributed by atoms with Crippen molar-refractivity contribution >= 4 is 38.8 Å². The number of hydrogen-bond acceptors (Lipinski definition) is 3. The molecule has 1 aromatic carbocycles. The van der Waals surface area contributed by atoms with Gasteiger partial charge in [0.05, 0.1) is 21.7 Å². The number of fused-ring (bicyclic) bond motifs is 1.